The topological polar surface area (TPSA) is 106 Å². The van der Waals surface area contributed by atoms with E-state index in [0.29, 0.717) is 30.0 Å². The summed E-state index contributed by atoms with van der Waals surface area (Å²) in [5, 5.41) is 14.6. The highest BCUT2D eigenvalue weighted by Crippen LogP contribution is 2.31. The molecule has 2 atom stereocenters. The summed E-state index contributed by atoms with van der Waals surface area (Å²) in [5.41, 5.74) is 2.91. The number of hydrogen-bond acceptors (Lipinski definition) is 5. The van der Waals surface area contributed by atoms with Gasteiger partial charge in [0.15, 0.2) is 0 Å². The molecular formula is C28H25N3O5. The molecule has 0 saturated carbocycles. The molecule has 3 aromatic carbocycles. The third-order valence-electron chi connectivity index (χ3n) is 6.66. The minimum Gasteiger partial charge on any atom is -0.456 e. The number of carbonyl (C=O) groups excluding carboxylic acids is 2. The molecule has 1 saturated heterocycles. The number of carbonyl (C=O) groups is 2. The molecule has 0 spiro atoms. The molecule has 4 aromatic rings. The monoisotopic (exact) mass is 483 g/mol. The van der Waals surface area contributed by atoms with Crippen molar-refractivity contribution in [3.63, 3.8) is 0 Å². The molecule has 0 unspecified atom stereocenters. The Hall–Kier alpha value is -4.46. The Morgan fingerprint density at radius 1 is 1.06 bits per heavy atom. The van der Waals surface area contributed by atoms with Crippen molar-refractivity contribution < 1.29 is 18.9 Å². The van der Waals surface area contributed by atoms with Gasteiger partial charge in [0.05, 0.1) is 10.8 Å². The van der Waals surface area contributed by atoms with E-state index in [1.165, 1.54) is 12.1 Å². The number of nitro groups is 1. The molecule has 1 aliphatic rings. The molecule has 36 heavy (non-hydrogen) atoms. The zero-order valence-corrected chi connectivity index (χ0v) is 19.7. The van der Waals surface area contributed by atoms with Crippen molar-refractivity contribution >= 4 is 34.2 Å². The van der Waals surface area contributed by atoms with E-state index in [2.05, 4.69) is 5.32 Å². The first-order valence-electron chi connectivity index (χ1n) is 11.9. The summed E-state index contributed by atoms with van der Waals surface area (Å²) in [6, 6.07) is 22.4. The van der Waals surface area contributed by atoms with Crippen LogP contribution >= 0.6 is 0 Å². The molecule has 1 aliphatic heterocycles. The second kappa shape index (κ2) is 9.65. The molecule has 2 amide bonds. The van der Waals surface area contributed by atoms with Crippen LogP contribution in [0.2, 0.25) is 0 Å². The lowest BCUT2D eigenvalue weighted by molar-refractivity contribution is -0.384. The third kappa shape index (κ3) is 4.57. The first-order valence-corrected chi connectivity index (χ1v) is 11.9. The first-order chi connectivity index (χ1) is 17.4. The van der Waals surface area contributed by atoms with Gasteiger partial charge in [-0.15, -0.1) is 0 Å². The number of amides is 2. The molecule has 1 aromatic heterocycles. The zero-order valence-electron chi connectivity index (χ0n) is 19.7. The third-order valence-corrected chi connectivity index (χ3v) is 6.66. The quantitative estimate of drug-likeness (QED) is 0.278. The van der Waals surface area contributed by atoms with Gasteiger partial charge >= 0.3 is 0 Å². The van der Waals surface area contributed by atoms with Crippen molar-refractivity contribution in [3.05, 3.63) is 94.5 Å². The molecule has 5 rings (SSSR count). The van der Waals surface area contributed by atoms with Gasteiger partial charge in [-0.3, -0.25) is 19.7 Å². The number of hydrogen-bond donors (Lipinski definition) is 1. The molecule has 1 N–H and O–H groups in total. The highest BCUT2D eigenvalue weighted by Gasteiger charge is 2.36. The number of furan rings is 1. The van der Waals surface area contributed by atoms with Gasteiger partial charge in [0.2, 0.25) is 11.8 Å². The number of nitro benzene ring substituents is 1. The van der Waals surface area contributed by atoms with Gasteiger partial charge in [0.1, 0.15) is 17.4 Å². The van der Waals surface area contributed by atoms with E-state index in [1.54, 1.807) is 29.2 Å². The molecule has 0 radical (unpaired) electrons. The van der Waals surface area contributed by atoms with Crippen LogP contribution < -0.4 is 5.32 Å². The number of nitrogens with one attached hydrogen (secondary N) is 1. The van der Waals surface area contributed by atoms with Crippen LogP contribution in [-0.2, 0) is 9.59 Å². The van der Waals surface area contributed by atoms with Crippen LogP contribution in [0, 0.1) is 10.1 Å². The number of rotatable bonds is 6. The Morgan fingerprint density at radius 3 is 2.53 bits per heavy atom. The molecule has 8 heteroatoms. The predicted octanol–water partition coefficient (Wildman–Crippen LogP) is 5.74. The fourth-order valence-electron chi connectivity index (χ4n) is 4.67. The maximum Gasteiger partial charge on any atom is 0.269 e. The first kappa shape index (κ1) is 23.3. The molecule has 182 valence electrons. The SMILES string of the molecule is C[C@@H](C(=O)N1CCC[C@H]1C(=O)Nc1ccc2oc(-c3ccc([N+](=O)[O-])cc3)cc2c1)c1ccccc1. The summed E-state index contributed by atoms with van der Waals surface area (Å²) < 4.78 is 5.90. The summed E-state index contributed by atoms with van der Waals surface area (Å²) in [6.07, 6.45) is 1.40. The van der Waals surface area contributed by atoms with Gasteiger partial charge in [-0.25, -0.2) is 0 Å². The van der Waals surface area contributed by atoms with Gasteiger partial charge in [-0.1, -0.05) is 30.3 Å². The average molecular weight is 484 g/mol. The number of anilines is 1. The number of likely N-dealkylation sites (tertiary alicyclic amines) is 1. The molecule has 0 bridgehead atoms. The average Bonchev–Trinajstić information content (AvgIpc) is 3.56. The normalized spacial score (nSPS) is 16.1. The fraction of sp³-hybridized carbons (Fsp3) is 0.214. The van der Waals surface area contributed by atoms with Crippen molar-refractivity contribution in [2.75, 3.05) is 11.9 Å². The van der Waals surface area contributed by atoms with Crippen molar-refractivity contribution in [1.29, 1.82) is 0 Å². The largest absolute Gasteiger partial charge is 0.456 e. The van der Waals surface area contributed by atoms with E-state index in [4.69, 9.17) is 4.42 Å². The van der Waals surface area contributed by atoms with E-state index in [0.717, 1.165) is 22.9 Å². The number of benzene rings is 3. The predicted molar refractivity (Wildman–Crippen MR) is 137 cm³/mol. The summed E-state index contributed by atoms with van der Waals surface area (Å²) in [5.74, 6) is 0.00184. The van der Waals surface area contributed by atoms with Crippen LogP contribution in [0.1, 0.15) is 31.2 Å². The van der Waals surface area contributed by atoms with Crippen molar-refractivity contribution in [1.82, 2.24) is 4.90 Å². The van der Waals surface area contributed by atoms with E-state index >= 15 is 0 Å². The van der Waals surface area contributed by atoms with Gasteiger partial charge in [-0.2, -0.15) is 0 Å². The van der Waals surface area contributed by atoms with Crippen LogP contribution in [0.5, 0.6) is 0 Å². The smallest absolute Gasteiger partial charge is 0.269 e. The highest BCUT2D eigenvalue weighted by molar-refractivity contribution is 6.00. The number of fused-ring (bicyclic) bond motifs is 1. The molecular weight excluding hydrogens is 458 g/mol. The van der Waals surface area contributed by atoms with Crippen molar-refractivity contribution in [3.8, 4) is 11.3 Å². The Morgan fingerprint density at radius 2 is 1.81 bits per heavy atom. The minimum atomic E-state index is -0.514. The lowest BCUT2D eigenvalue weighted by Gasteiger charge is -2.27. The summed E-state index contributed by atoms with van der Waals surface area (Å²) in [7, 11) is 0. The van der Waals surface area contributed by atoms with Crippen LogP contribution in [-0.4, -0.2) is 34.2 Å². The molecule has 1 fully saturated rings. The van der Waals surface area contributed by atoms with E-state index in [1.807, 2.05) is 49.4 Å². The number of non-ortho nitro benzene ring substituents is 1. The van der Waals surface area contributed by atoms with Gasteiger partial charge in [-0.05, 0) is 61.7 Å². The molecule has 8 nitrogen and oxygen atoms in total. The van der Waals surface area contributed by atoms with E-state index < -0.39 is 11.0 Å². The summed E-state index contributed by atoms with van der Waals surface area (Å²) >= 11 is 0. The highest BCUT2D eigenvalue weighted by atomic mass is 16.6. The Bertz CT molecular complexity index is 1430. The van der Waals surface area contributed by atoms with E-state index in [9.17, 15) is 19.7 Å². The Labute approximate surface area is 207 Å². The number of nitrogens with zero attached hydrogens (tertiary/aromatic N) is 2. The maximum atomic E-state index is 13.2. The molecule has 0 aliphatic carbocycles. The van der Waals surface area contributed by atoms with E-state index in [-0.39, 0.29) is 23.4 Å². The standard InChI is InChI=1S/C28H25N3O5/c1-18(19-6-3-2-4-7-19)28(33)30-15-5-8-24(30)27(32)29-22-11-14-25-21(16-22)17-26(36-25)20-9-12-23(13-10-20)31(34)35/h2-4,6-7,9-14,16-18,24H,5,8,15H2,1H3,(H,29,32)/t18-,24+/m1/s1. The molecule has 2 heterocycles. The summed E-state index contributed by atoms with van der Waals surface area (Å²) in [4.78, 5) is 38.5. The van der Waals surface area contributed by atoms with Crippen LogP contribution in [0.3, 0.4) is 0 Å². The summed E-state index contributed by atoms with van der Waals surface area (Å²) in [6.45, 7) is 2.44. The van der Waals surface area contributed by atoms with Gasteiger partial charge in [0.25, 0.3) is 5.69 Å². The van der Waals surface area contributed by atoms with Crippen LogP contribution in [0.15, 0.2) is 83.3 Å². The van der Waals surface area contributed by atoms with Crippen molar-refractivity contribution in [2.24, 2.45) is 0 Å². The maximum absolute atomic E-state index is 13.2. The van der Waals surface area contributed by atoms with Gasteiger partial charge < -0.3 is 14.6 Å². The Kier molecular flexibility index (Phi) is 6.25. The Balaban J connectivity index is 1.30. The second-order valence-electron chi connectivity index (χ2n) is 8.98. The zero-order chi connectivity index (χ0) is 25.2. The van der Waals surface area contributed by atoms with Crippen molar-refractivity contribution in [2.45, 2.75) is 31.7 Å². The minimum absolute atomic E-state index is 0.0115. The van der Waals surface area contributed by atoms with Crippen LogP contribution in [0.4, 0.5) is 11.4 Å². The fourth-order valence-corrected chi connectivity index (χ4v) is 4.67. The van der Waals surface area contributed by atoms with Crippen LogP contribution in [0.25, 0.3) is 22.3 Å². The lowest BCUT2D eigenvalue weighted by atomic mass is 9.99. The van der Waals surface area contributed by atoms with Gasteiger partial charge in [0, 0.05) is 35.3 Å². The second-order valence-corrected chi connectivity index (χ2v) is 8.98. The lowest BCUT2D eigenvalue weighted by Crippen LogP contribution is -2.44.